The number of aromatic nitrogens is 3. The Labute approximate surface area is 157 Å². The molecule has 2 aromatic heterocycles. The number of aryl methyl sites for hydroxylation is 2. The van der Waals surface area contributed by atoms with Crippen LogP contribution in [0.4, 0.5) is 0 Å². The Morgan fingerprint density at radius 1 is 1.19 bits per heavy atom. The first-order valence-electron chi connectivity index (χ1n) is 8.68. The van der Waals surface area contributed by atoms with Gasteiger partial charge in [0.15, 0.2) is 0 Å². The van der Waals surface area contributed by atoms with Gasteiger partial charge in [0.25, 0.3) is 0 Å². The maximum atomic E-state index is 12.6. The topological polar surface area (TPSA) is 76.9 Å². The Bertz CT molecular complexity index is 994. The second-order valence-corrected chi connectivity index (χ2v) is 8.96. The first-order valence-corrected chi connectivity index (χ1v) is 11.0. The highest BCUT2D eigenvalue weighted by Crippen LogP contribution is 2.24. The van der Waals surface area contributed by atoms with E-state index < -0.39 is 10.0 Å². The summed E-state index contributed by atoms with van der Waals surface area (Å²) < 4.78 is 29.5. The van der Waals surface area contributed by atoms with Gasteiger partial charge in [-0.15, -0.1) is 11.3 Å². The minimum Gasteiger partial charge on any atom is -0.223 e. The van der Waals surface area contributed by atoms with Crippen LogP contribution in [0.5, 0.6) is 0 Å². The van der Waals surface area contributed by atoms with E-state index in [1.807, 2.05) is 29.8 Å². The number of hydrogen-bond acceptors (Lipinski definition) is 5. The molecule has 0 aliphatic heterocycles. The second-order valence-electron chi connectivity index (χ2n) is 6.36. The van der Waals surface area contributed by atoms with E-state index in [1.165, 1.54) is 28.9 Å². The van der Waals surface area contributed by atoms with Gasteiger partial charge < -0.3 is 0 Å². The molecule has 1 N–H and O–H groups in total. The minimum absolute atomic E-state index is 0.321. The molecule has 0 saturated carbocycles. The van der Waals surface area contributed by atoms with Crippen molar-refractivity contribution in [3.05, 3.63) is 58.9 Å². The molecule has 136 valence electrons. The van der Waals surface area contributed by atoms with Gasteiger partial charge in [0.05, 0.1) is 10.6 Å². The molecule has 1 aromatic carbocycles. The van der Waals surface area contributed by atoms with Crippen molar-refractivity contribution in [2.75, 3.05) is 6.54 Å². The van der Waals surface area contributed by atoms with E-state index in [1.54, 1.807) is 16.9 Å². The van der Waals surface area contributed by atoms with E-state index in [2.05, 4.69) is 14.8 Å². The Hall–Kier alpha value is -2.03. The van der Waals surface area contributed by atoms with Crippen molar-refractivity contribution in [1.82, 2.24) is 19.5 Å². The maximum absolute atomic E-state index is 12.6. The normalized spacial score (nSPS) is 14.3. The number of sulfonamides is 1. The Morgan fingerprint density at radius 2 is 2.04 bits per heavy atom. The molecule has 1 aliphatic rings. The van der Waals surface area contributed by atoms with Gasteiger partial charge in [0.1, 0.15) is 0 Å². The van der Waals surface area contributed by atoms with Crippen molar-refractivity contribution < 1.29 is 8.42 Å². The molecule has 0 saturated heterocycles. The van der Waals surface area contributed by atoms with Gasteiger partial charge in [-0.3, -0.25) is 0 Å². The lowest BCUT2D eigenvalue weighted by molar-refractivity contribution is 0.580. The molecular weight excluding hydrogens is 368 g/mol. The molecule has 0 radical (unpaired) electrons. The van der Waals surface area contributed by atoms with Crippen LogP contribution in [0.25, 0.3) is 5.13 Å². The molecule has 6 nitrogen and oxygen atoms in total. The molecular formula is C18H20N4O2S2. The summed E-state index contributed by atoms with van der Waals surface area (Å²) in [5.74, 6) is 0. The summed E-state index contributed by atoms with van der Waals surface area (Å²) in [5, 5.41) is 6.86. The van der Waals surface area contributed by atoms with E-state index in [0.29, 0.717) is 17.9 Å². The lowest BCUT2D eigenvalue weighted by atomic mass is 9.92. The summed E-state index contributed by atoms with van der Waals surface area (Å²) >= 11 is 1.49. The van der Waals surface area contributed by atoms with E-state index in [0.717, 1.165) is 30.1 Å². The zero-order valence-electron chi connectivity index (χ0n) is 14.3. The largest absolute Gasteiger partial charge is 0.240 e. The molecule has 0 bridgehead atoms. The molecule has 26 heavy (non-hydrogen) atoms. The Balaban J connectivity index is 1.39. The van der Waals surface area contributed by atoms with Gasteiger partial charge in [0.2, 0.25) is 15.2 Å². The lowest BCUT2D eigenvalue weighted by Gasteiger charge is -2.16. The standard InChI is InChI=1S/C18H20N4O2S2/c23-26(24,17-7-6-14-4-1-2-5-15(14)12-17)20-10-8-16-13-25-18(21-16)22-11-3-9-19-22/h3,6-7,9,11-13,20H,1-2,4-5,8,10H2. The summed E-state index contributed by atoms with van der Waals surface area (Å²) in [6.07, 6.45) is 8.41. The fraction of sp³-hybridized carbons (Fsp3) is 0.333. The van der Waals surface area contributed by atoms with Crippen LogP contribution >= 0.6 is 11.3 Å². The van der Waals surface area contributed by atoms with Gasteiger partial charge in [-0.25, -0.2) is 22.8 Å². The zero-order chi connectivity index (χ0) is 18.0. The van der Waals surface area contributed by atoms with Crippen molar-refractivity contribution in [2.45, 2.75) is 37.0 Å². The second kappa shape index (κ2) is 7.30. The smallest absolute Gasteiger partial charge is 0.223 e. The highest BCUT2D eigenvalue weighted by molar-refractivity contribution is 7.89. The third-order valence-corrected chi connectivity index (χ3v) is 6.88. The van der Waals surface area contributed by atoms with E-state index >= 15 is 0 Å². The van der Waals surface area contributed by atoms with Crippen molar-refractivity contribution in [3.63, 3.8) is 0 Å². The van der Waals surface area contributed by atoms with Crippen LogP contribution in [-0.4, -0.2) is 29.7 Å². The SMILES string of the molecule is O=S(=O)(NCCc1csc(-n2cccn2)n1)c1ccc2c(c1)CCCC2. The first kappa shape index (κ1) is 17.4. The Kier molecular flexibility index (Phi) is 4.88. The number of nitrogens with one attached hydrogen (secondary N) is 1. The van der Waals surface area contributed by atoms with Crippen LogP contribution in [0.15, 0.2) is 46.9 Å². The summed E-state index contributed by atoms with van der Waals surface area (Å²) in [6, 6.07) is 7.34. The van der Waals surface area contributed by atoms with Gasteiger partial charge >= 0.3 is 0 Å². The molecule has 0 spiro atoms. The number of nitrogens with zero attached hydrogens (tertiary/aromatic N) is 3. The maximum Gasteiger partial charge on any atom is 0.240 e. The van der Waals surface area contributed by atoms with Gasteiger partial charge in [0, 0.05) is 30.7 Å². The number of benzene rings is 1. The quantitative estimate of drug-likeness (QED) is 0.704. The Morgan fingerprint density at radius 3 is 2.85 bits per heavy atom. The van der Waals surface area contributed by atoms with Crippen molar-refractivity contribution >= 4 is 21.4 Å². The number of rotatable bonds is 6. The average molecular weight is 389 g/mol. The van der Waals surface area contributed by atoms with Crippen LogP contribution < -0.4 is 4.72 Å². The van der Waals surface area contributed by atoms with E-state index in [-0.39, 0.29) is 0 Å². The van der Waals surface area contributed by atoms with Crippen LogP contribution in [0.2, 0.25) is 0 Å². The zero-order valence-corrected chi connectivity index (χ0v) is 15.9. The summed E-state index contributed by atoms with van der Waals surface area (Å²) in [5.41, 5.74) is 3.31. The molecule has 0 amide bonds. The predicted octanol–water partition coefficient (Wildman–Crippen LogP) is 2.73. The molecule has 0 fully saturated rings. The van der Waals surface area contributed by atoms with Crippen LogP contribution in [-0.2, 0) is 29.3 Å². The van der Waals surface area contributed by atoms with Crippen LogP contribution in [0, 0.1) is 0 Å². The number of hydrogen-bond donors (Lipinski definition) is 1. The third-order valence-electron chi connectivity index (χ3n) is 4.54. The highest BCUT2D eigenvalue weighted by atomic mass is 32.2. The molecule has 4 rings (SSSR count). The molecule has 2 heterocycles. The number of fused-ring (bicyclic) bond motifs is 1. The predicted molar refractivity (Wildman–Crippen MR) is 101 cm³/mol. The highest BCUT2D eigenvalue weighted by Gasteiger charge is 2.17. The van der Waals surface area contributed by atoms with E-state index in [9.17, 15) is 8.42 Å². The van der Waals surface area contributed by atoms with Crippen molar-refractivity contribution in [3.8, 4) is 5.13 Å². The molecule has 1 aliphatic carbocycles. The first-order chi connectivity index (χ1) is 12.6. The molecule has 8 heteroatoms. The molecule has 0 atom stereocenters. The fourth-order valence-corrected chi connectivity index (χ4v) is 5.05. The molecule has 3 aromatic rings. The molecule has 0 unspecified atom stereocenters. The monoisotopic (exact) mass is 388 g/mol. The van der Waals surface area contributed by atoms with Gasteiger partial charge in [-0.1, -0.05) is 6.07 Å². The number of thiazole rings is 1. The fourth-order valence-electron chi connectivity index (χ4n) is 3.17. The van der Waals surface area contributed by atoms with Crippen molar-refractivity contribution in [1.29, 1.82) is 0 Å². The van der Waals surface area contributed by atoms with Crippen LogP contribution in [0.1, 0.15) is 29.7 Å². The lowest BCUT2D eigenvalue weighted by Crippen LogP contribution is -2.26. The van der Waals surface area contributed by atoms with Gasteiger partial charge in [-0.2, -0.15) is 5.10 Å². The summed E-state index contributed by atoms with van der Waals surface area (Å²) in [6.45, 7) is 0.321. The average Bonchev–Trinajstić information content (AvgIpc) is 3.32. The summed E-state index contributed by atoms with van der Waals surface area (Å²) in [7, 11) is -3.49. The van der Waals surface area contributed by atoms with Gasteiger partial charge in [-0.05, 0) is 55.0 Å². The van der Waals surface area contributed by atoms with Crippen LogP contribution in [0.3, 0.4) is 0 Å². The third kappa shape index (κ3) is 3.72. The summed E-state index contributed by atoms with van der Waals surface area (Å²) in [4.78, 5) is 4.84. The van der Waals surface area contributed by atoms with E-state index in [4.69, 9.17) is 0 Å². The van der Waals surface area contributed by atoms with Crippen molar-refractivity contribution in [2.24, 2.45) is 0 Å². The minimum atomic E-state index is -3.49.